The number of hydrogen-bond donors (Lipinski definition) is 1. The zero-order valence-corrected chi connectivity index (χ0v) is 14.1. The van der Waals surface area contributed by atoms with Gasteiger partial charge in [-0.15, -0.1) is 0 Å². The maximum Gasteiger partial charge on any atom is 0.140 e. The molecule has 3 rings (SSSR count). The third-order valence-electron chi connectivity index (χ3n) is 4.66. The molecule has 1 unspecified atom stereocenters. The molecule has 1 aliphatic carbocycles. The van der Waals surface area contributed by atoms with E-state index in [1.165, 1.54) is 6.20 Å². The van der Waals surface area contributed by atoms with Crippen molar-refractivity contribution in [2.24, 2.45) is 11.7 Å². The Balaban J connectivity index is 1.83. The minimum absolute atomic E-state index is 0.0976. The molecule has 1 fully saturated rings. The SMILES string of the molecule is CC(=O)C1(c2ccc(C3=CC(C)/C(=C(Cl)\C=C/N)O3)cc2)CC1. The van der Waals surface area contributed by atoms with Crippen molar-refractivity contribution in [2.75, 3.05) is 0 Å². The minimum atomic E-state index is -0.239. The third-order valence-corrected chi connectivity index (χ3v) is 4.97. The van der Waals surface area contributed by atoms with Crippen LogP contribution < -0.4 is 5.73 Å². The summed E-state index contributed by atoms with van der Waals surface area (Å²) in [5.74, 6) is 1.84. The highest BCUT2D eigenvalue weighted by molar-refractivity contribution is 6.31. The normalized spacial score (nSPS) is 24.3. The zero-order chi connectivity index (χ0) is 16.6. The summed E-state index contributed by atoms with van der Waals surface area (Å²) < 4.78 is 5.90. The van der Waals surface area contributed by atoms with Gasteiger partial charge in [0, 0.05) is 11.5 Å². The number of benzene rings is 1. The van der Waals surface area contributed by atoms with Crippen LogP contribution in [-0.2, 0) is 14.9 Å². The summed E-state index contributed by atoms with van der Waals surface area (Å²) in [5.41, 5.74) is 7.22. The smallest absolute Gasteiger partial charge is 0.140 e. The number of carbonyl (C=O) groups is 1. The van der Waals surface area contributed by atoms with Crippen molar-refractivity contribution in [3.63, 3.8) is 0 Å². The van der Waals surface area contributed by atoms with Crippen LogP contribution >= 0.6 is 11.6 Å². The van der Waals surface area contributed by atoms with Crippen LogP contribution in [-0.4, -0.2) is 5.78 Å². The van der Waals surface area contributed by atoms with Crippen LogP contribution in [0.2, 0.25) is 0 Å². The van der Waals surface area contributed by atoms with E-state index in [0.717, 1.165) is 29.7 Å². The molecule has 0 saturated heterocycles. The number of nitrogens with two attached hydrogens (primary N) is 1. The van der Waals surface area contributed by atoms with Gasteiger partial charge < -0.3 is 10.5 Å². The van der Waals surface area contributed by atoms with Crippen molar-refractivity contribution in [1.82, 2.24) is 0 Å². The van der Waals surface area contributed by atoms with Gasteiger partial charge in [0.2, 0.25) is 0 Å². The molecule has 23 heavy (non-hydrogen) atoms. The van der Waals surface area contributed by atoms with Gasteiger partial charge in [0.1, 0.15) is 17.3 Å². The van der Waals surface area contributed by atoms with Gasteiger partial charge in [-0.2, -0.15) is 0 Å². The Morgan fingerprint density at radius 1 is 1.35 bits per heavy atom. The summed E-state index contributed by atoms with van der Waals surface area (Å²) in [6.45, 7) is 3.70. The second kappa shape index (κ2) is 5.89. The molecule has 2 aliphatic rings. The number of halogens is 1. The molecule has 1 heterocycles. The second-order valence-electron chi connectivity index (χ2n) is 6.21. The van der Waals surface area contributed by atoms with Crippen molar-refractivity contribution >= 4 is 23.1 Å². The van der Waals surface area contributed by atoms with Gasteiger partial charge in [-0.3, -0.25) is 4.79 Å². The quantitative estimate of drug-likeness (QED) is 0.899. The maximum atomic E-state index is 11.8. The van der Waals surface area contributed by atoms with Crippen molar-refractivity contribution < 1.29 is 9.53 Å². The molecule has 1 atom stereocenters. The third kappa shape index (κ3) is 2.81. The average molecular weight is 330 g/mol. The van der Waals surface area contributed by atoms with Crippen LogP contribution in [0.5, 0.6) is 0 Å². The first kappa shape index (κ1) is 15.9. The van der Waals surface area contributed by atoms with E-state index in [0.29, 0.717) is 10.8 Å². The number of allylic oxidation sites excluding steroid dienone is 3. The predicted molar refractivity (Wildman–Crippen MR) is 92.5 cm³/mol. The number of Topliss-reactive ketones (excluding diaryl/α,β-unsaturated/α-hetero) is 1. The van der Waals surface area contributed by atoms with Crippen molar-refractivity contribution in [3.05, 3.63) is 64.5 Å². The Morgan fingerprint density at radius 3 is 2.52 bits per heavy atom. The molecular weight excluding hydrogens is 310 g/mol. The standard InChI is InChI=1S/C19H20ClNO2/c1-12-11-17(23-18(12)16(20)7-10-21)14-3-5-15(6-4-14)19(8-9-19)13(2)22/h3-7,10-12H,8-9,21H2,1-2H3/b10-7-,18-16-. The van der Waals surface area contributed by atoms with Gasteiger partial charge in [-0.05, 0) is 43.7 Å². The van der Waals surface area contributed by atoms with Gasteiger partial charge in [0.25, 0.3) is 0 Å². The molecule has 0 radical (unpaired) electrons. The van der Waals surface area contributed by atoms with Crippen LogP contribution in [0.15, 0.2) is 53.4 Å². The van der Waals surface area contributed by atoms with Gasteiger partial charge in [-0.1, -0.05) is 42.8 Å². The van der Waals surface area contributed by atoms with Crippen molar-refractivity contribution in [1.29, 1.82) is 0 Å². The van der Waals surface area contributed by atoms with Crippen LogP contribution in [0, 0.1) is 5.92 Å². The molecular formula is C19H20ClNO2. The number of ether oxygens (including phenoxy) is 1. The Hall–Kier alpha value is -2.00. The van der Waals surface area contributed by atoms with E-state index in [4.69, 9.17) is 22.1 Å². The number of rotatable bonds is 4. The summed E-state index contributed by atoms with van der Waals surface area (Å²) >= 11 is 6.18. The van der Waals surface area contributed by atoms with Gasteiger partial charge in [0.15, 0.2) is 0 Å². The van der Waals surface area contributed by atoms with E-state index in [-0.39, 0.29) is 17.1 Å². The molecule has 0 spiro atoms. The summed E-state index contributed by atoms with van der Waals surface area (Å²) in [6, 6.07) is 8.07. The largest absolute Gasteiger partial charge is 0.459 e. The van der Waals surface area contributed by atoms with Crippen LogP contribution in [0.4, 0.5) is 0 Å². The predicted octanol–water partition coefficient (Wildman–Crippen LogP) is 4.24. The first-order valence-electron chi connectivity index (χ1n) is 7.77. The second-order valence-corrected chi connectivity index (χ2v) is 6.62. The monoisotopic (exact) mass is 329 g/mol. The molecule has 1 saturated carbocycles. The van der Waals surface area contributed by atoms with E-state index in [1.807, 2.05) is 37.3 Å². The molecule has 2 N–H and O–H groups in total. The topological polar surface area (TPSA) is 52.3 Å². The highest BCUT2D eigenvalue weighted by Gasteiger charge is 2.48. The molecule has 1 aromatic rings. The molecule has 1 aromatic carbocycles. The Morgan fingerprint density at radius 2 is 2.00 bits per heavy atom. The van der Waals surface area contributed by atoms with E-state index in [2.05, 4.69) is 0 Å². The van der Waals surface area contributed by atoms with Crippen LogP contribution in [0.3, 0.4) is 0 Å². The summed E-state index contributed by atoms with van der Waals surface area (Å²) in [4.78, 5) is 11.8. The lowest BCUT2D eigenvalue weighted by Gasteiger charge is -2.13. The number of ketones is 1. The van der Waals surface area contributed by atoms with Gasteiger partial charge >= 0.3 is 0 Å². The number of carbonyl (C=O) groups excluding carboxylic acids is 1. The highest BCUT2D eigenvalue weighted by Crippen LogP contribution is 2.49. The Bertz CT molecular complexity index is 724. The molecule has 4 heteroatoms. The summed E-state index contributed by atoms with van der Waals surface area (Å²) in [7, 11) is 0. The summed E-state index contributed by atoms with van der Waals surface area (Å²) in [5, 5.41) is 0.511. The minimum Gasteiger partial charge on any atom is -0.459 e. The fraction of sp³-hybridized carbons (Fsp3) is 0.316. The molecule has 1 aliphatic heterocycles. The van der Waals surface area contributed by atoms with E-state index in [9.17, 15) is 4.79 Å². The molecule has 0 amide bonds. The van der Waals surface area contributed by atoms with Crippen LogP contribution in [0.25, 0.3) is 5.76 Å². The molecule has 120 valence electrons. The van der Waals surface area contributed by atoms with Crippen LogP contribution in [0.1, 0.15) is 37.8 Å². The Kier molecular flexibility index (Phi) is 4.07. The zero-order valence-electron chi connectivity index (χ0n) is 13.3. The fourth-order valence-electron chi connectivity index (χ4n) is 3.06. The van der Waals surface area contributed by atoms with E-state index < -0.39 is 0 Å². The van der Waals surface area contributed by atoms with Crippen molar-refractivity contribution in [3.8, 4) is 0 Å². The average Bonchev–Trinajstić information content (AvgIpc) is 3.25. The number of hydrogen-bond acceptors (Lipinski definition) is 3. The lowest BCUT2D eigenvalue weighted by atomic mass is 9.91. The Labute approximate surface area is 141 Å². The van der Waals surface area contributed by atoms with Gasteiger partial charge in [0.05, 0.1) is 10.4 Å². The first-order valence-corrected chi connectivity index (χ1v) is 8.15. The fourth-order valence-corrected chi connectivity index (χ4v) is 3.34. The highest BCUT2D eigenvalue weighted by atomic mass is 35.5. The lowest BCUT2D eigenvalue weighted by Crippen LogP contribution is -2.16. The molecule has 0 aromatic heterocycles. The lowest BCUT2D eigenvalue weighted by molar-refractivity contribution is -0.119. The van der Waals surface area contributed by atoms with Crippen molar-refractivity contribution in [2.45, 2.75) is 32.1 Å². The molecule has 3 nitrogen and oxygen atoms in total. The van der Waals surface area contributed by atoms with Gasteiger partial charge in [-0.25, -0.2) is 0 Å². The molecule has 0 bridgehead atoms. The summed E-state index contributed by atoms with van der Waals surface area (Å²) in [6.07, 6.45) is 6.96. The van der Waals surface area contributed by atoms with E-state index >= 15 is 0 Å². The van der Waals surface area contributed by atoms with E-state index in [1.54, 1.807) is 13.0 Å². The maximum absolute atomic E-state index is 11.8. The first-order chi connectivity index (χ1) is 11.0.